The summed E-state index contributed by atoms with van der Waals surface area (Å²) >= 11 is 1.92. The number of nitrogens with one attached hydrogen (secondary N) is 1. The van der Waals surface area contributed by atoms with Gasteiger partial charge in [0.15, 0.2) is 0 Å². The second-order valence-electron chi connectivity index (χ2n) is 7.70. The molecule has 1 nitrogen and oxygen atoms in total. The average molecular weight is 375 g/mol. The Hall–Kier alpha value is -3.10. The van der Waals surface area contributed by atoms with E-state index in [1.165, 1.54) is 63.2 Å². The van der Waals surface area contributed by atoms with E-state index in [0.29, 0.717) is 0 Å². The minimum absolute atomic E-state index is 1.12. The van der Waals surface area contributed by atoms with Crippen LogP contribution in [0.5, 0.6) is 0 Å². The Labute approximate surface area is 165 Å². The van der Waals surface area contributed by atoms with Crippen molar-refractivity contribution in [1.29, 1.82) is 0 Å². The molecule has 0 spiro atoms. The summed E-state index contributed by atoms with van der Waals surface area (Å²) in [5.41, 5.74) is 1.28. The van der Waals surface area contributed by atoms with Crippen LogP contribution in [0.1, 0.15) is 12.8 Å². The predicted octanol–water partition coefficient (Wildman–Crippen LogP) is 6.20. The molecule has 0 aliphatic heterocycles. The van der Waals surface area contributed by atoms with Gasteiger partial charge in [-0.3, -0.25) is 0 Å². The summed E-state index contributed by atoms with van der Waals surface area (Å²) in [7, 11) is 0. The average Bonchev–Trinajstić information content (AvgIpc) is 3.32. The summed E-state index contributed by atoms with van der Waals surface area (Å²) in [4.78, 5) is 3.77. The first-order valence-corrected chi connectivity index (χ1v) is 10.7. The van der Waals surface area contributed by atoms with Gasteiger partial charge in [0.25, 0.3) is 0 Å². The van der Waals surface area contributed by atoms with Crippen LogP contribution < -0.4 is 10.6 Å². The highest BCUT2D eigenvalue weighted by Gasteiger charge is 2.16. The van der Waals surface area contributed by atoms with Gasteiger partial charge in [-0.05, 0) is 29.7 Å². The van der Waals surface area contributed by atoms with E-state index in [0.717, 1.165) is 12.8 Å². The number of aromatic nitrogens is 1. The molecule has 1 N–H and O–H groups in total. The fourth-order valence-corrected chi connectivity index (χ4v) is 6.29. The number of fused-ring (bicyclic) bond motifs is 12. The lowest BCUT2D eigenvalue weighted by Gasteiger charge is -2.09. The summed E-state index contributed by atoms with van der Waals surface area (Å²) in [6, 6.07) is 22.4. The van der Waals surface area contributed by atoms with E-state index in [1.54, 1.807) is 0 Å². The van der Waals surface area contributed by atoms with Crippen molar-refractivity contribution in [3.8, 4) is 0 Å². The van der Waals surface area contributed by atoms with Crippen LogP contribution in [0.2, 0.25) is 0 Å². The number of aromatic amines is 1. The zero-order valence-electron chi connectivity index (χ0n) is 15.3. The number of hydrogen-bond donors (Lipinski definition) is 1. The summed E-state index contributed by atoms with van der Waals surface area (Å²) < 4.78 is 2.76. The first kappa shape index (κ1) is 14.9. The molecule has 1 aliphatic rings. The van der Waals surface area contributed by atoms with Crippen LogP contribution in [0, 0.1) is 0 Å². The van der Waals surface area contributed by atoms with Crippen molar-refractivity contribution in [2.24, 2.45) is 0 Å². The van der Waals surface area contributed by atoms with E-state index in [9.17, 15) is 0 Å². The zero-order valence-corrected chi connectivity index (χ0v) is 16.1. The molecule has 0 amide bonds. The molecule has 28 heavy (non-hydrogen) atoms. The maximum Gasteiger partial charge on any atom is 0.0550 e. The van der Waals surface area contributed by atoms with Gasteiger partial charge >= 0.3 is 0 Å². The minimum Gasteiger partial charge on any atom is -0.354 e. The van der Waals surface area contributed by atoms with Crippen LogP contribution in [0.3, 0.4) is 0 Å². The van der Waals surface area contributed by atoms with E-state index in [2.05, 4.69) is 77.8 Å². The highest BCUT2D eigenvalue weighted by Crippen LogP contribution is 2.44. The van der Waals surface area contributed by atoms with Crippen LogP contribution in [0.25, 0.3) is 64.8 Å². The van der Waals surface area contributed by atoms with Crippen molar-refractivity contribution in [2.75, 3.05) is 0 Å². The molecule has 7 rings (SSSR count). The molecular formula is C26H17NS. The number of H-pyrrole nitrogens is 1. The number of rotatable bonds is 0. The molecule has 6 aromatic rings. The third-order valence-electron chi connectivity index (χ3n) is 6.21. The molecule has 0 atom stereocenters. The molecule has 2 heterocycles. The van der Waals surface area contributed by atoms with Crippen LogP contribution >= 0.6 is 11.3 Å². The highest BCUT2D eigenvalue weighted by atomic mass is 32.1. The topological polar surface area (TPSA) is 15.8 Å². The Kier molecular flexibility index (Phi) is 2.79. The maximum atomic E-state index is 3.77. The Morgan fingerprint density at radius 3 is 2.32 bits per heavy atom. The molecule has 132 valence electrons. The zero-order chi connectivity index (χ0) is 18.2. The molecule has 4 aromatic carbocycles. The minimum atomic E-state index is 1.12. The van der Waals surface area contributed by atoms with E-state index >= 15 is 0 Å². The Balaban J connectivity index is 1.88. The second-order valence-corrected chi connectivity index (χ2v) is 8.75. The molecule has 0 bridgehead atoms. The molecular weight excluding hydrogens is 358 g/mol. The van der Waals surface area contributed by atoms with Gasteiger partial charge in [0.1, 0.15) is 0 Å². The fraction of sp³-hybridized carbons (Fsp3) is 0.0769. The van der Waals surface area contributed by atoms with Crippen LogP contribution in [-0.2, 0) is 0 Å². The van der Waals surface area contributed by atoms with Crippen molar-refractivity contribution in [3.63, 3.8) is 0 Å². The van der Waals surface area contributed by atoms with Gasteiger partial charge in [-0.15, -0.1) is 11.3 Å². The quantitative estimate of drug-likeness (QED) is 0.304. The monoisotopic (exact) mass is 375 g/mol. The van der Waals surface area contributed by atoms with Crippen LogP contribution in [0.4, 0.5) is 0 Å². The van der Waals surface area contributed by atoms with Crippen LogP contribution in [-0.4, -0.2) is 4.98 Å². The van der Waals surface area contributed by atoms with Gasteiger partial charge in [0, 0.05) is 46.9 Å². The number of thiophene rings is 1. The molecule has 0 unspecified atom stereocenters. The van der Waals surface area contributed by atoms with E-state index in [1.807, 2.05) is 11.3 Å². The van der Waals surface area contributed by atoms with E-state index in [-0.39, 0.29) is 0 Å². The van der Waals surface area contributed by atoms with Gasteiger partial charge < -0.3 is 4.98 Å². The van der Waals surface area contributed by atoms with Crippen molar-refractivity contribution in [3.05, 3.63) is 71.2 Å². The lowest BCUT2D eigenvalue weighted by molar-refractivity contribution is 1.11. The normalized spacial score (nSPS) is 14.0. The first-order valence-electron chi connectivity index (χ1n) is 9.87. The molecule has 0 fully saturated rings. The molecule has 2 aromatic heterocycles. The molecule has 0 saturated carbocycles. The Morgan fingerprint density at radius 2 is 1.39 bits per heavy atom. The number of benzene rings is 4. The van der Waals surface area contributed by atoms with Crippen molar-refractivity contribution in [2.45, 2.75) is 12.8 Å². The lowest BCUT2D eigenvalue weighted by Crippen LogP contribution is -2.24. The van der Waals surface area contributed by atoms with Gasteiger partial charge in [-0.1, -0.05) is 66.7 Å². The SMILES string of the molecule is C1=c2[nH]c3c(ccc4c3c3ccccc3c3sc5ccccc5c43)c2=CCC1. The van der Waals surface area contributed by atoms with Gasteiger partial charge in [0.05, 0.1) is 5.52 Å². The Bertz CT molecular complexity index is 1710. The summed E-state index contributed by atoms with van der Waals surface area (Å²) in [5.74, 6) is 0. The largest absolute Gasteiger partial charge is 0.354 e. The second kappa shape index (κ2) is 5.24. The lowest BCUT2D eigenvalue weighted by atomic mass is 9.95. The van der Waals surface area contributed by atoms with Gasteiger partial charge in [-0.25, -0.2) is 0 Å². The summed E-state index contributed by atoms with van der Waals surface area (Å²) in [5, 5.41) is 12.2. The maximum absolute atomic E-state index is 3.77. The fourth-order valence-electron chi connectivity index (χ4n) is 5.03. The molecule has 2 heteroatoms. The Morgan fingerprint density at radius 1 is 0.643 bits per heavy atom. The summed E-state index contributed by atoms with van der Waals surface area (Å²) in [6.45, 7) is 0. The third-order valence-corrected chi connectivity index (χ3v) is 7.42. The smallest absolute Gasteiger partial charge is 0.0550 e. The van der Waals surface area contributed by atoms with Crippen molar-refractivity contribution in [1.82, 2.24) is 4.98 Å². The van der Waals surface area contributed by atoms with E-state index < -0.39 is 0 Å². The summed E-state index contributed by atoms with van der Waals surface area (Å²) in [6.07, 6.45) is 6.99. The molecule has 1 aliphatic carbocycles. The van der Waals surface area contributed by atoms with Crippen molar-refractivity contribution >= 4 is 76.1 Å². The van der Waals surface area contributed by atoms with Crippen molar-refractivity contribution < 1.29 is 0 Å². The first-order chi connectivity index (χ1) is 13.9. The van der Waals surface area contributed by atoms with E-state index in [4.69, 9.17) is 0 Å². The third kappa shape index (κ3) is 1.76. The predicted molar refractivity (Wildman–Crippen MR) is 124 cm³/mol. The highest BCUT2D eigenvalue weighted by molar-refractivity contribution is 7.27. The standard InChI is InChI=1S/C26H17NS/c1-2-9-18-16(8-1)23-20(24-19-10-4-6-12-22(19)28-26(18)24)14-13-17-15-7-3-5-11-21(15)27-25(17)23/h1-2,4,6-14,27H,3,5H2. The van der Waals surface area contributed by atoms with Gasteiger partial charge in [0.2, 0.25) is 0 Å². The molecule has 0 saturated heterocycles. The number of hydrogen-bond acceptors (Lipinski definition) is 1. The van der Waals surface area contributed by atoms with Gasteiger partial charge in [-0.2, -0.15) is 0 Å². The van der Waals surface area contributed by atoms with Crippen LogP contribution in [0.15, 0.2) is 60.7 Å². The molecule has 0 radical (unpaired) electrons.